The van der Waals surface area contributed by atoms with E-state index in [9.17, 15) is 4.79 Å². The number of carbonyl (C=O) groups is 1. The SMILES string of the molecule is CCC(C)NCCC(=O)Nc1sc2c(c1-c1nc3ccccc3s1)CCN(C(C)C)C2. The fourth-order valence-electron chi connectivity index (χ4n) is 3.92. The maximum Gasteiger partial charge on any atom is 0.226 e. The number of hydrogen-bond donors (Lipinski definition) is 2. The molecule has 1 aliphatic heterocycles. The van der Waals surface area contributed by atoms with E-state index in [0.29, 0.717) is 25.0 Å². The van der Waals surface area contributed by atoms with Crippen LogP contribution in [-0.4, -0.2) is 41.0 Å². The van der Waals surface area contributed by atoms with Crippen LogP contribution in [0.1, 0.15) is 51.0 Å². The average molecular weight is 457 g/mol. The van der Waals surface area contributed by atoms with Crippen molar-refractivity contribution >= 4 is 43.8 Å². The van der Waals surface area contributed by atoms with E-state index in [1.54, 1.807) is 22.7 Å². The van der Waals surface area contributed by atoms with Crippen LogP contribution in [0.15, 0.2) is 24.3 Å². The topological polar surface area (TPSA) is 57.3 Å². The van der Waals surface area contributed by atoms with E-state index < -0.39 is 0 Å². The van der Waals surface area contributed by atoms with Crippen molar-refractivity contribution in [3.63, 3.8) is 0 Å². The largest absolute Gasteiger partial charge is 0.317 e. The predicted molar refractivity (Wildman–Crippen MR) is 133 cm³/mol. The molecular formula is C24H32N4OS2. The third-order valence-electron chi connectivity index (χ3n) is 6.03. The Morgan fingerprint density at radius 1 is 1.23 bits per heavy atom. The Balaban J connectivity index is 1.63. The van der Waals surface area contributed by atoms with Crippen molar-refractivity contribution in [3.8, 4) is 10.6 Å². The fourth-order valence-corrected chi connectivity index (χ4v) is 6.32. The molecule has 31 heavy (non-hydrogen) atoms. The first-order valence-electron chi connectivity index (χ1n) is 11.2. The summed E-state index contributed by atoms with van der Waals surface area (Å²) >= 11 is 3.45. The van der Waals surface area contributed by atoms with Gasteiger partial charge in [-0.1, -0.05) is 19.1 Å². The summed E-state index contributed by atoms with van der Waals surface area (Å²) in [5.74, 6) is 0.0671. The summed E-state index contributed by atoms with van der Waals surface area (Å²) in [5, 5.41) is 8.62. The van der Waals surface area contributed by atoms with Gasteiger partial charge in [0.1, 0.15) is 10.0 Å². The molecule has 1 atom stereocenters. The van der Waals surface area contributed by atoms with Crippen molar-refractivity contribution in [2.24, 2.45) is 0 Å². The van der Waals surface area contributed by atoms with Crippen LogP contribution in [0.2, 0.25) is 0 Å². The number of nitrogens with one attached hydrogen (secondary N) is 2. The molecule has 166 valence electrons. The molecular weight excluding hydrogens is 424 g/mol. The fraction of sp³-hybridized carbons (Fsp3) is 0.500. The molecule has 2 N–H and O–H groups in total. The standard InChI is InChI=1S/C24H32N4OS2/c1-5-16(4)25-12-10-21(29)27-24-22(23-26-18-8-6-7-9-19(18)30-23)17-11-13-28(15(2)3)14-20(17)31-24/h6-9,15-16,25H,5,10-14H2,1-4H3,(H,27,29). The van der Waals surface area contributed by atoms with Crippen LogP contribution >= 0.6 is 22.7 Å². The summed E-state index contributed by atoms with van der Waals surface area (Å²) in [4.78, 5) is 21.5. The molecule has 0 bridgehead atoms. The molecule has 1 unspecified atom stereocenters. The molecule has 0 radical (unpaired) electrons. The number of thiophene rings is 1. The smallest absolute Gasteiger partial charge is 0.226 e. The lowest BCUT2D eigenvalue weighted by atomic mass is 10.0. The molecule has 0 fully saturated rings. The number of thiazole rings is 1. The Hall–Kier alpha value is -1.80. The van der Waals surface area contributed by atoms with Gasteiger partial charge in [0.05, 0.1) is 10.2 Å². The van der Waals surface area contributed by atoms with Crippen molar-refractivity contribution in [2.45, 2.75) is 65.6 Å². The molecule has 0 aliphatic carbocycles. The summed E-state index contributed by atoms with van der Waals surface area (Å²) in [6.07, 6.45) is 2.54. The molecule has 0 spiro atoms. The van der Waals surface area contributed by atoms with E-state index in [4.69, 9.17) is 4.98 Å². The summed E-state index contributed by atoms with van der Waals surface area (Å²) in [7, 11) is 0. The van der Waals surface area contributed by atoms with E-state index in [0.717, 1.165) is 47.0 Å². The van der Waals surface area contributed by atoms with Crippen LogP contribution in [0.3, 0.4) is 0 Å². The van der Waals surface area contributed by atoms with Gasteiger partial charge in [-0.05, 0) is 51.3 Å². The molecule has 0 saturated heterocycles. The third-order valence-corrected chi connectivity index (χ3v) is 8.22. The quantitative estimate of drug-likeness (QED) is 0.469. The highest BCUT2D eigenvalue weighted by Gasteiger charge is 2.28. The molecule has 7 heteroatoms. The first-order chi connectivity index (χ1) is 15.0. The normalized spacial score (nSPS) is 15.4. The number of fused-ring (bicyclic) bond motifs is 2. The maximum atomic E-state index is 12.8. The second-order valence-electron chi connectivity index (χ2n) is 8.57. The van der Waals surface area contributed by atoms with E-state index in [1.165, 1.54) is 15.1 Å². The predicted octanol–water partition coefficient (Wildman–Crippen LogP) is 5.51. The van der Waals surface area contributed by atoms with Crippen molar-refractivity contribution in [1.82, 2.24) is 15.2 Å². The number of para-hydroxylation sites is 1. The molecule has 1 amide bonds. The number of aromatic nitrogens is 1. The van der Waals surface area contributed by atoms with Crippen LogP contribution in [-0.2, 0) is 17.8 Å². The van der Waals surface area contributed by atoms with Crippen molar-refractivity contribution in [3.05, 3.63) is 34.7 Å². The average Bonchev–Trinajstić information content (AvgIpc) is 3.33. The van der Waals surface area contributed by atoms with Crippen molar-refractivity contribution in [1.29, 1.82) is 0 Å². The first kappa shape index (κ1) is 22.4. The number of rotatable bonds is 8. The molecule has 0 saturated carbocycles. The summed E-state index contributed by atoms with van der Waals surface area (Å²) in [6.45, 7) is 11.5. The second kappa shape index (κ2) is 9.77. The maximum absolute atomic E-state index is 12.8. The Kier molecular flexibility index (Phi) is 7.06. The Morgan fingerprint density at radius 2 is 2.03 bits per heavy atom. The molecule has 3 heterocycles. The van der Waals surface area contributed by atoms with Crippen LogP contribution in [0.4, 0.5) is 5.00 Å². The minimum atomic E-state index is 0.0671. The van der Waals surface area contributed by atoms with Gasteiger partial charge in [0.2, 0.25) is 5.91 Å². The Morgan fingerprint density at radius 3 is 2.77 bits per heavy atom. The summed E-state index contributed by atoms with van der Waals surface area (Å²) in [6, 6.07) is 9.22. The van der Waals surface area contributed by atoms with Crippen LogP contribution in [0.25, 0.3) is 20.8 Å². The second-order valence-corrected chi connectivity index (χ2v) is 10.7. The van der Waals surface area contributed by atoms with E-state index >= 15 is 0 Å². The zero-order chi connectivity index (χ0) is 22.0. The van der Waals surface area contributed by atoms with Crippen molar-refractivity contribution in [2.75, 3.05) is 18.4 Å². The van der Waals surface area contributed by atoms with Gasteiger partial charge in [-0.2, -0.15) is 0 Å². The number of benzene rings is 1. The van der Waals surface area contributed by atoms with Crippen LogP contribution in [0.5, 0.6) is 0 Å². The highest BCUT2D eigenvalue weighted by Crippen LogP contribution is 2.45. The number of carbonyl (C=O) groups excluding carboxylic acids is 1. The molecule has 4 rings (SSSR count). The lowest BCUT2D eigenvalue weighted by molar-refractivity contribution is -0.116. The zero-order valence-electron chi connectivity index (χ0n) is 18.8. The Labute approximate surface area is 192 Å². The monoisotopic (exact) mass is 456 g/mol. The number of anilines is 1. The highest BCUT2D eigenvalue weighted by atomic mass is 32.1. The zero-order valence-corrected chi connectivity index (χ0v) is 20.5. The minimum absolute atomic E-state index is 0.0671. The molecule has 5 nitrogen and oxygen atoms in total. The lowest BCUT2D eigenvalue weighted by Crippen LogP contribution is -2.35. The number of hydrogen-bond acceptors (Lipinski definition) is 6. The molecule has 3 aromatic rings. The molecule has 1 aromatic carbocycles. The molecule has 1 aliphatic rings. The summed E-state index contributed by atoms with van der Waals surface area (Å²) < 4.78 is 1.19. The van der Waals surface area contributed by atoms with Gasteiger partial charge in [0.25, 0.3) is 0 Å². The van der Waals surface area contributed by atoms with Gasteiger partial charge in [0.15, 0.2) is 0 Å². The summed E-state index contributed by atoms with van der Waals surface area (Å²) in [5.41, 5.74) is 3.54. The van der Waals surface area contributed by atoms with Gasteiger partial charge < -0.3 is 10.6 Å². The van der Waals surface area contributed by atoms with Crippen LogP contribution < -0.4 is 10.6 Å². The number of amides is 1. The van der Waals surface area contributed by atoms with Gasteiger partial charge >= 0.3 is 0 Å². The minimum Gasteiger partial charge on any atom is -0.317 e. The van der Waals surface area contributed by atoms with Gasteiger partial charge in [-0.15, -0.1) is 22.7 Å². The Bertz CT molecular complexity index is 1020. The van der Waals surface area contributed by atoms with E-state index in [-0.39, 0.29) is 5.91 Å². The van der Waals surface area contributed by atoms with Crippen LogP contribution in [0, 0.1) is 0 Å². The third kappa shape index (κ3) is 5.00. The van der Waals surface area contributed by atoms with Gasteiger partial charge in [-0.3, -0.25) is 9.69 Å². The first-order valence-corrected chi connectivity index (χ1v) is 12.9. The van der Waals surface area contributed by atoms with Crippen molar-refractivity contribution < 1.29 is 4.79 Å². The molecule has 2 aromatic heterocycles. The van der Waals surface area contributed by atoms with E-state index in [2.05, 4.69) is 61.4 Å². The van der Waals surface area contributed by atoms with Gasteiger partial charge in [-0.25, -0.2) is 4.98 Å². The lowest BCUT2D eigenvalue weighted by Gasteiger charge is -2.30. The highest BCUT2D eigenvalue weighted by molar-refractivity contribution is 7.22. The van der Waals surface area contributed by atoms with E-state index in [1.807, 2.05) is 6.07 Å². The van der Waals surface area contributed by atoms with Gasteiger partial charge in [0, 0.05) is 48.6 Å². The number of nitrogens with zero attached hydrogens (tertiary/aromatic N) is 2.